The molecule has 4 heterocycles. The van der Waals surface area contributed by atoms with Gasteiger partial charge >= 0.3 is 12.1 Å². The summed E-state index contributed by atoms with van der Waals surface area (Å²) in [6.45, 7) is 6.64. The predicted molar refractivity (Wildman–Crippen MR) is 133 cm³/mol. The lowest BCUT2D eigenvalue weighted by Gasteiger charge is -2.22. The first-order chi connectivity index (χ1) is 18.4. The van der Waals surface area contributed by atoms with Crippen LogP contribution in [0.5, 0.6) is 0 Å². The number of aliphatic carboxylic acids is 1. The second-order valence-corrected chi connectivity index (χ2v) is 8.12. The lowest BCUT2D eigenvalue weighted by molar-refractivity contribution is -0.137. The van der Waals surface area contributed by atoms with Gasteiger partial charge in [0.25, 0.3) is 6.47 Å². The van der Waals surface area contributed by atoms with E-state index in [9.17, 15) is 9.59 Å². The standard InChI is InChI=1S/C17H22N4O5.C5H10O2.CHN.CH2O2/c18-16-14-3-2-13(21(14)20-10-19-16)15-4-1-12(25-15)9-24-17(22)26-11-5-7-23-8-6-11;1-2-3-4-5(6)7;1-2;2-1-3/h2-3,10-12,15H,1,4-9H2,(H2,18,19,20);2-4H2,1H3,(H,6,7);1H;1H,(H,2,3). The fourth-order valence-electron chi connectivity index (χ4n) is 3.72. The number of fused-ring (bicyclic) bond motifs is 1. The Labute approximate surface area is 220 Å². The van der Waals surface area contributed by atoms with Crippen molar-refractivity contribution in [1.29, 1.82) is 5.26 Å². The van der Waals surface area contributed by atoms with Crippen molar-refractivity contribution < 1.29 is 43.5 Å². The van der Waals surface area contributed by atoms with Gasteiger partial charge in [-0.1, -0.05) is 13.3 Å². The average molecular weight is 538 g/mol. The largest absolute Gasteiger partial charge is 0.508 e. The molecule has 2 aromatic rings. The monoisotopic (exact) mass is 537 g/mol. The van der Waals surface area contributed by atoms with Gasteiger partial charge in [0.15, 0.2) is 5.82 Å². The Hall–Kier alpha value is -3.96. The van der Waals surface area contributed by atoms with Crippen LogP contribution in [0, 0.1) is 11.8 Å². The van der Waals surface area contributed by atoms with E-state index in [4.69, 9.17) is 45.0 Å². The van der Waals surface area contributed by atoms with Crippen molar-refractivity contribution in [2.45, 2.75) is 70.2 Å². The van der Waals surface area contributed by atoms with Crippen LogP contribution in [0.3, 0.4) is 0 Å². The zero-order valence-corrected chi connectivity index (χ0v) is 21.3. The molecule has 2 atom stereocenters. The fourth-order valence-corrected chi connectivity index (χ4v) is 3.72. The number of carboxylic acids is 1. The quantitative estimate of drug-likeness (QED) is 0.343. The van der Waals surface area contributed by atoms with E-state index in [1.807, 2.05) is 19.1 Å². The molecular formula is C24H35N5O9. The van der Waals surface area contributed by atoms with Crippen LogP contribution in [0.4, 0.5) is 10.6 Å². The van der Waals surface area contributed by atoms with Crippen LogP contribution in [-0.2, 0) is 28.5 Å². The Morgan fingerprint density at radius 1 is 1.26 bits per heavy atom. The van der Waals surface area contributed by atoms with Crippen molar-refractivity contribution in [3.05, 3.63) is 24.2 Å². The van der Waals surface area contributed by atoms with E-state index < -0.39 is 12.1 Å². The number of anilines is 1. The highest BCUT2D eigenvalue weighted by molar-refractivity contribution is 5.66. The van der Waals surface area contributed by atoms with E-state index in [1.54, 1.807) is 4.52 Å². The second kappa shape index (κ2) is 18.3. The summed E-state index contributed by atoms with van der Waals surface area (Å²) in [5.41, 5.74) is 7.53. The maximum atomic E-state index is 11.8. The Balaban J connectivity index is 0.000000512. The zero-order chi connectivity index (χ0) is 28.3. The van der Waals surface area contributed by atoms with Crippen molar-refractivity contribution in [2.75, 3.05) is 25.6 Å². The van der Waals surface area contributed by atoms with E-state index in [0.29, 0.717) is 38.3 Å². The molecular weight excluding hydrogens is 502 g/mol. The number of hydrogen-bond acceptors (Lipinski definition) is 11. The molecule has 4 rings (SSSR count). The van der Waals surface area contributed by atoms with Crippen LogP contribution in [-0.4, -0.2) is 75.4 Å². The number of nitrogen functional groups attached to an aromatic ring is 1. The zero-order valence-electron chi connectivity index (χ0n) is 21.3. The van der Waals surface area contributed by atoms with E-state index in [2.05, 4.69) is 16.7 Å². The Morgan fingerprint density at radius 3 is 2.55 bits per heavy atom. The topological polar surface area (TPSA) is 209 Å². The molecule has 2 aliphatic rings. The fraction of sp³-hybridized carbons (Fsp3) is 0.583. The van der Waals surface area contributed by atoms with Crippen molar-refractivity contribution in [3.63, 3.8) is 0 Å². The van der Waals surface area contributed by atoms with Gasteiger partial charge in [-0.3, -0.25) is 9.59 Å². The summed E-state index contributed by atoms with van der Waals surface area (Å²) in [6.07, 6.45) is 5.50. The smallest absolute Gasteiger partial charge is 0.483 e. The molecule has 0 spiro atoms. The van der Waals surface area contributed by atoms with Crippen LogP contribution in [0.15, 0.2) is 18.5 Å². The third kappa shape index (κ3) is 11.0. The van der Waals surface area contributed by atoms with Gasteiger partial charge in [-0.2, -0.15) is 5.10 Å². The van der Waals surface area contributed by atoms with Gasteiger partial charge in [0.2, 0.25) is 0 Å². The number of hydrogen-bond donors (Lipinski definition) is 3. The minimum absolute atomic E-state index is 0.119. The van der Waals surface area contributed by atoms with Crippen LogP contribution >= 0.6 is 0 Å². The molecule has 0 aromatic carbocycles. The summed E-state index contributed by atoms with van der Waals surface area (Å²) >= 11 is 0. The molecule has 2 aromatic heterocycles. The molecule has 2 unspecified atom stereocenters. The summed E-state index contributed by atoms with van der Waals surface area (Å²) in [6, 6.07) is 3.82. The number of carboxylic acid groups (broad SMARTS) is 2. The predicted octanol–water partition coefficient (Wildman–Crippen LogP) is 2.97. The summed E-state index contributed by atoms with van der Waals surface area (Å²) < 4.78 is 23.5. The Kier molecular flexibility index (Phi) is 15.5. The molecule has 14 nitrogen and oxygen atoms in total. The van der Waals surface area contributed by atoms with E-state index in [-0.39, 0.29) is 31.4 Å². The molecule has 0 aliphatic carbocycles. The molecule has 2 aliphatic heterocycles. The van der Waals surface area contributed by atoms with Crippen molar-refractivity contribution in [1.82, 2.24) is 14.6 Å². The average Bonchev–Trinajstić information content (AvgIpc) is 3.57. The van der Waals surface area contributed by atoms with Gasteiger partial charge in [0.1, 0.15) is 30.7 Å². The second-order valence-electron chi connectivity index (χ2n) is 8.12. The van der Waals surface area contributed by atoms with Gasteiger partial charge in [-0.05, 0) is 31.4 Å². The highest BCUT2D eigenvalue weighted by atomic mass is 16.7. The first-order valence-corrected chi connectivity index (χ1v) is 12.1. The molecule has 210 valence electrons. The lowest BCUT2D eigenvalue weighted by Crippen LogP contribution is -2.28. The van der Waals surface area contributed by atoms with Gasteiger partial charge in [0, 0.05) is 25.8 Å². The number of nitriles is 1. The van der Waals surface area contributed by atoms with Crippen LogP contribution in [0.25, 0.3) is 5.52 Å². The van der Waals surface area contributed by atoms with Gasteiger partial charge in [0.05, 0.1) is 25.0 Å². The van der Waals surface area contributed by atoms with E-state index in [0.717, 1.165) is 36.9 Å². The third-order valence-electron chi connectivity index (χ3n) is 5.51. The summed E-state index contributed by atoms with van der Waals surface area (Å²) in [5.74, 6) is -0.262. The molecule has 38 heavy (non-hydrogen) atoms. The number of ether oxygens (including phenoxy) is 4. The molecule has 4 N–H and O–H groups in total. The summed E-state index contributed by atoms with van der Waals surface area (Å²) in [4.78, 5) is 33.9. The number of aromatic nitrogens is 3. The van der Waals surface area contributed by atoms with Crippen LogP contribution in [0.2, 0.25) is 0 Å². The molecule has 2 saturated heterocycles. The molecule has 0 bridgehead atoms. The van der Waals surface area contributed by atoms with E-state index >= 15 is 0 Å². The van der Waals surface area contributed by atoms with Crippen molar-refractivity contribution >= 4 is 29.9 Å². The summed E-state index contributed by atoms with van der Waals surface area (Å²) in [5, 5.41) is 25.7. The molecule has 0 saturated carbocycles. The van der Waals surface area contributed by atoms with Crippen LogP contribution < -0.4 is 5.73 Å². The van der Waals surface area contributed by atoms with Gasteiger partial charge in [-0.25, -0.2) is 19.6 Å². The Bertz CT molecular complexity index is 1010. The van der Waals surface area contributed by atoms with Gasteiger partial charge in [-0.15, -0.1) is 0 Å². The number of nitrogens with two attached hydrogens (primary N) is 1. The SMILES string of the molecule is C#N.CCCCC(=O)O.Nc1ncnn2c(C3CCC(COC(=O)OC4CCOCC4)O3)ccc12.O=CO. The molecule has 0 amide bonds. The van der Waals surface area contributed by atoms with Crippen molar-refractivity contribution in [3.8, 4) is 6.57 Å². The van der Waals surface area contributed by atoms with E-state index in [1.165, 1.54) is 6.33 Å². The number of nitrogens with zero attached hydrogens (tertiary/aromatic N) is 4. The number of rotatable bonds is 7. The first kappa shape index (κ1) is 32.1. The highest BCUT2D eigenvalue weighted by Crippen LogP contribution is 2.34. The lowest BCUT2D eigenvalue weighted by atomic mass is 10.1. The Morgan fingerprint density at radius 2 is 1.95 bits per heavy atom. The normalized spacial score (nSPS) is 18.4. The number of carbonyl (C=O) groups excluding carboxylic acids is 1. The molecule has 0 radical (unpaired) electrons. The minimum atomic E-state index is -0.693. The van der Waals surface area contributed by atoms with Gasteiger partial charge < -0.3 is 34.9 Å². The number of carbonyl (C=O) groups is 3. The van der Waals surface area contributed by atoms with Crippen molar-refractivity contribution in [2.24, 2.45) is 0 Å². The summed E-state index contributed by atoms with van der Waals surface area (Å²) in [7, 11) is 0. The highest BCUT2D eigenvalue weighted by Gasteiger charge is 2.30. The third-order valence-corrected chi connectivity index (χ3v) is 5.51. The minimum Gasteiger partial charge on any atom is -0.483 e. The van der Waals surface area contributed by atoms with Crippen LogP contribution in [0.1, 0.15) is 63.7 Å². The first-order valence-electron chi connectivity index (χ1n) is 12.1. The number of unbranched alkanes of at least 4 members (excludes halogenated alkanes) is 1. The molecule has 2 fully saturated rings. The molecule has 14 heteroatoms. The maximum Gasteiger partial charge on any atom is 0.508 e. The maximum absolute atomic E-state index is 11.8.